The zero-order valence-electron chi connectivity index (χ0n) is 11.7. The molecule has 0 unspecified atom stereocenters. The molecule has 0 aliphatic rings. The summed E-state index contributed by atoms with van der Waals surface area (Å²) < 4.78 is 5.02. The number of rotatable bonds is 7. The van der Waals surface area contributed by atoms with Gasteiger partial charge in [0.2, 0.25) is 11.9 Å². The number of nitrogens with two attached hydrogens (primary N) is 1. The molecule has 0 aliphatic heterocycles. The van der Waals surface area contributed by atoms with Crippen LogP contribution in [0.3, 0.4) is 0 Å². The molecular weight excluding hydrogens is 230 g/mol. The van der Waals surface area contributed by atoms with Gasteiger partial charge in [0, 0.05) is 33.7 Å². The molecule has 6 nitrogen and oxygen atoms in total. The van der Waals surface area contributed by atoms with Crippen LogP contribution in [0, 0.1) is 5.92 Å². The number of methoxy groups -OCH3 is 1. The fraction of sp³-hybridized carbons (Fsp3) is 0.750. The topological polar surface area (TPSA) is 77.2 Å². The van der Waals surface area contributed by atoms with Crippen LogP contribution in [-0.4, -0.2) is 42.3 Å². The predicted octanol–water partition coefficient (Wildman–Crippen LogP) is 1.12. The van der Waals surface area contributed by atoms with Gasteiger partial charge in [0.25, 0.3) is 0 Å². The molecule has 1 rings (SSSR count). The van der Waals surface area contributed by atoms with Gasteiger partial charge >= 0.3 is 0 Å². The third-order valence-corrected chi connectivity index (χ3v) is 2.46. The maximum absolute atomic E-state index is 5.71. The first-order valence-corrected chi connectivity index (χ1v) is 6.23. The first-order chi connectivity index (χ1) is 8.52. The average Bonchev–Trinajstić information content (AvgIpc) is 2.27. The number of anilines is 2. The van der Waals surface area contributed by atoms with Crippen molar-refractivity contribution in [3.8, 4) is 0 Å². The van der Waals surface area contributed by atoms with Crippen molar-refractivity contribution in [1.82, 2.24) is 15.0 Å². The van der Waals surface area contributed by atoms with Crippen LogP contribution in [0.5, 0.6) is 0 Å². The second-order valence-electron chi connectivity index (χ2n) is 4.78. The first kappa shape index (κ1) is 14.6. The van der Waals surface area contributed by atoms with E-state index in [1.807, 2.05) is 11.9 Å². The van der Waals surface area contributed by atoms with Crippen molar-refractivity contribution < 1.29 is 4.74 Å². The fourth-order valence-electron chi connectivity index (χ4n) is 1.60. The van der Waals surface area contributed by atoms with Gasteiger partial charge in [-0.25, -0.2) is 0 Å². The number of aromatic nitrogens is 3. The Bertz CT molecular complexity index is 369. The van der Waals surface area contributed by atoms with Gasteiger partial charge < -0.3 is 15.4 Å². The summed E-state index contributed by atoms with van der Waals surface area (Å²) >= 11 is 0. The molecule has 0 fully saturated rings. The summed E-state index contributed by atoms with van der Waals surface area (Å²) in [4.78, 5) is 14.7. The Balaban J connectivity index is 2.71. The van der Waals surface area contributed by atoms with Gasteiger partial charge in [-0.05, 0) is 12.3 Å². The van der Waals surface area contributed by atoms with E-state index in [2.05, 4.69) is 28.8 Å². The van der Waals surface area contributed by atoms with Crippen molar-refractivity contribution in [2.45, 2.75) is 26.7 Å². The Morgan fingerprint density at radius 2 is 2.00 bits per heavy atom. The van der Waals surface area contributed by atoms with Gasteiger partial charge in [0.1, 0.15) is 5.82 Å². The van der Waals surface area contributed by atoms with Gasteiger partial charge in [-0.2, -0.15) is 15.0 Å². The zero-order valence-corrected chi connectivity index (χ0v) is 11.7. The molecule has 0 aliphatic carbocycles. The van der Waals surface area contributed by atoms with Crippen LogP contribution in [-0.2, 0) is 11.2 Å². The van der Waals surface area contributed by atoms with E-state index < -0.39 is 0 Å². The molecule has 0 saturated heterocycles. The Morgan fingerprint density at radius 1 is 1.28 bits per heavy atom. The van der Waals surface area contributed by atoms with Crippen LogP contribution in [0.2, 0.25) is 0 Å². The smallest absolute Gasteiger partial charge is 0.230 e. The highest BCUT2D eigenvalue weighted by molar-refractivity contribution is 5.33. The van der Waals surface area contributed by atoms with Crippen molar-refractivity contribution in [3.63, 3.8) is 0 Å². The van der Waals surface area contributed by atoms with E-state index >= 15 is 0 Å². The second-order valence-corrected chi connectivity index (χ2v) is 4.78. The van der Waals surface area contributed by atoms with Crippen molar-refractivity contribution in [2.75, 3.05) is 37.9 Å². The highest BCUT2D eigenvalue weighted by Gasteiger charge is 2.09. The van der Waals surface area contributed by atoms with Crippen LogP contribution in [0.15, 0.2) is 0 Å². The molecule has 2 N–H and O–H groups in total. The van der Waals surface area contributed by atoms with Gasteiger partial charge in [-0.3, -0.25) is 0 Å². The van der Waals surface area contributed by atoms with E-state index in [4.69, 9.17) is 10.5 Å². The van der Waals surface area contributed by atoms with Crippen molar-refractivity contribution in [1.29, 1.82) is 0 Å². The number of ether oxygens (including phenoxy) is 1. The summed E-state index contributed by atoms with van der Waals surface area (Å²) in [5, 5.41) is 0. The number of nitrogens with zero attached hydrogens (tertiary/aromatic N) is 4. The summed E-state index contributed by atoms with van der Waals surface area (Å²) in [5.74, 6) is 2.17. The third-order valence-electron chi connectivity index (χ3n) is 2.46. The SMILES string of the molecule is COCCCN(C)c1nc(N)nc(CC(C)C)n1. The van der Waals surface area contributed by atoms with Crippen molar-refractivity contribution in [2.24, 2.45) is 5.92 Å². The maximum Gasteiger partial charge on any atom is 0.230 e. The Hall–Kier alpha value is -1.43. The van der Waals surface area contributed by atoms with E-state index in [0.717, 1.165) is 31.8 Å². The van der Waals surface area contributed by atoms with Crippen LogP contribution in [0.1, 0.15) is 26.1 Å². The predicted molar refractivity (Wildman–Crippen MR) is 72.5 cm³/mol. The molecule has 0 radical (unpaired) electrons. The molecule has 6 heteroatoms. The molecule has 0 atom stereocenters. The minimum atomic E-state index is 0.286. The van der Waals surface area contributed by atoms with Crippen LogP contribution in [0.4, 0.5) is 11.9 Å². The molecule has 102 valence electrons. The first-order valence-electron chi connectivity index (χ1n) is 6.23. The molecule has 0 saturated carbocycles. The van der Waals surface area contributed by atoms with Gasteiger partial charge in [0.15, 0.2) is 0 Å². The zero-order chi connectivity index (χ0) is 13.5. The van der Waals surface area contributed by atoms with E-state index in [9.17, 15) is 0 Å². The lowest BCUT2D eigenvalue weighted by Gasteiger charge is -2.17. The Labute approximate surface area is 109 Å². The summed E-state index contributed by atoms with van der Waals surface area (Å²) in [7, 11) is 3.64. The quantitative estimate of drug-likeness (QED) is 0.734. The normalized spacial score (nSPS) is 10.9. The summed E-state index contributed by atoms with van der Waals surface area (Å²) in [6, 6.07) is 0. The summed E-state index contributed by atoms with van der Waals surface area (Å²) in [6.45, 7) is 5.81. The van der Waals surface area contributed by atoms with E-state index in [1.54, 1.807) is 7.11 Å². The van der Waals surface area contributed by atoms with Gasteiger partial charge in [-0.1, -0.05) is 13.8 Å². The number of nitrogen functional groups attached to an aromatic ring is 1. The third kappa shape index (κ3) is 4.83. The molecule has 0 spiro atoms. The van der Waals surface area contributed by atoms with E-state index in [1.165, 1.54) is 0 Å². The minimum absolute atomic E-state index is 0.286. The molecule has 18 heavy (non-hydrogen) atoms. The molecule has 1 heterocycles. The lowest BCUT2D eigenvalue weighted by atomic mass is 10.1. The lowest BCUT2D eigenvalue weighted by Crippen LogP contribution is -2.23. The number of hydrogen-bond donors (Lipinski definition) is 1. The Kier molecular flexibility index (Phi) is 5.77. The molecule has 1 aromatic rings. The fourth-order valence-corrected chi connectivity index (χ4v) is 1.60. The van der Waals surface area contributed by atoms with Crippen LogP contribution >= 0.6 is 0 Å². The van der Waals surface area contributed by atoms with Crippen molar-refractivity contribution >= 4 is 11.9 Å². The molecule has 1 aromatic heterocycles. The van der Waals surface area contributed by atoms with Crippen molar-refractivity contribution in [3.05, 3.63) is 5.82 Å². The second kappa shape index (κ2) is 7.10. The van der Waals surface area contributed by atoms with Crippen LogP contribution < -0.4 is 10.6 Å². The van der Waals surface area contributed by atoms with E-state index in [0.29, 0.717) is 11.9 Å². The van der Waals surface area contributed by atoms with Gasteiger partial charge in [-0.15, -0.1) is 0 Å². The molecule has 0 amide bonds. The van der Waals surface area contributed by atoms with Crippen LogP contribution in [0.25, 0.3) is 0 Å². The molecule has 0 aromatic carbocycles. The molecular formula is C12H23N5O. The summed E-state index contributed by atoms with van der Waals surface area (Å²) in [5.41, 5.74) is 5.71. The Morgan fingerprint density at radius 3 is 2.61 bits per heavy atom. The largest absolute Gasteiger partial charge is 0.385 e. The maximum atomic E-state index is 5.71. The highest BCUT2D eigenvalue weighted by atomic mass is 16.5. The minimum Gasteiger partial charge on any atom is -0.385 e. The standard InChI is InChI=1S/C12H23N5O/c1-9(2)8-10-14-11(13)16-12(15-10)17(3)6-5-7-18-4/h9H,5-8H2,1-4H3,(H2,13,14,15,16). The lowest BCUT2D eigenvalue weighted by molar-refractivity contribution is 0.196. The van der Waals surface area contributed by atoms with Gasteiger partial charge in [0.05, 0.1) is 0 Å². The van der Waals surface area contributed by atoms with E-state index in [-0.39, 0.29) is 5.95 Å². The monoisotopic (exact) mass is 253 g/mol. The number of hydrogen-bond acceptors (Lipinski definition) is 6. The highest BCUT2D eigenvalue weighted by Crippen LogP contribution is 2.10. The average molecular weight is 253 g/mol. The molecule has 0 bridgehead atoms. The summed E-state index contributed by atoms with van der Waals surface area (Å²) in [6.07, 6.45) is 1.74.